The van der Waals surface area contributed by atoms with Gasteiger partial charge >= 0.3 is 0 Å². The molecule has 0 aromatic rings. The fraction of sp³-hybridized carbons (Fsp3) is 1.00. The van der Waals surface area contributed by atoms with Crippen LogP contribution in [0.3, 0.4) is 0 Å². The van der Waals surface area contributed by atoms with Gasteiger partial charge in [-0.2, -0.15) is 0 Å². The van der Waals surface area contributed by atoms with Gasteiger partial charge in [0.1, 0.15) is 0 Å². The van der Waals surface area contributed by atoms with Gasteiger partial charge in [-0.25, -0.2) is 0 Å². The molecule has 0 spiro atoms. The second-order valence-electron chi connectivity index (χ2n) is 7.18. The Morgan fingerprint density at radius 2 is 1.45 bits per heavy atom. The molecular formula is C16H36O2P2. The SMILES string of the molecule is CCOP(O)C(P(CC(C)C)CC(C)C)C(C)(C)CC. The maximum atomic E-state index is 10.6. The zero-order valence-corrected chi connectivity index (χ0v) is 16.6. The third-order valence-electron chi connectivity index (χ3n) is 3.63. The number of hydrogen-bond acceptors (Lipinski definition) is 2. The van der Waals surface area contributed by atoms with Crippen molar-refractivity contribution in [3.8, 4) is 0 Å². The van der Waals surface area contributed by atoms with Crippen molar-refractivity contribution in [2.45, 2.75) is 67.2 Å². The Balaban J connectivity index is 5.27. The Bertz CT molecular complexity index is 245. The van der Waals surface area contributed by atoms with Crippen LogP contribution in [0.1, 0.15) is 61.8 Å². The third kappa shape index (κ3) is 7.17. The van der Waals surface area contributed by atoms with Crippen molar-refractivity contribution in [1.29, 1.82) is 0 Å². The molecule has 0 aliphatic heterocycles. The van der Waals surface area contributed by atoms with Crippen molar-refractivity contribution in [1.82, 2.24) is 0 Å². The molecule has 2 atom stereocenters. The first-order valence-electron chi connectivity index (χ1n) is 8.00. The number of hydrogen-bond donors (Lipinski definition) is 1. The molecule has 0 aliphatic carbocycles. The van der Waals surface area contributed by atoms with Gasteiger partial charge in [-0.05, 0) is 42.9 Å². The predicted molar refractivity (Wildman–Crippen MR) is 95.0 cm³/mol. The van der Waals surface area contributed by atoms with E-state index in [2.05, 4.69) is 48.5 Å². The van der Waals surface area contributed by atoms with Crippen molar-refractivity contribution in [3.05, 3.63) is 0 Å². The summed E-state index contributed by atoms with van der Waals surface area (Å²) in [6.07, 6.45) is 3.58. The minimum absolute atomic E-state index is 0.158. The number of rotatable bonds is 10. The Kier molecular flexibility index (Phi) is 10.1. The van der Waals surface area contributed by atoms with Crippen molar-refractivity contribution in [2.75, 3.05) is 18.9 Å². The fourth-order valence-electron chi connectivity index (χ4n) is 2.53. The quantitative estimate of drug-likeness (QED) is 0.509. The van der Waals surface area contributed by atoms with E-state index >= 15 is 0 Å². The lowest BCUT2D eigenvalue weighted by Crippen LogP contribution is -2.29. The lowest BCUT2D eigenvalue weighted by molar-refractivity contribution is 0.295. The summed E-state index contributed by atoms with van der Waals surface area (Å²) >= 11 is 0. The van der Waals surface area contributed by atoms with Gasteiger partial charge in [-0.3, -0.25) is 0 Å². The van der Waals surface area contributed by atoms with E-state index < -0.39 is 8.38 Å². The molecule has 2 unspecified atom stereocenters. The summed E-state index contributed by atoms with van der Waals surface area (Å²) in [7, 11) is -1.50. The van der Waals surface area contributed by atoms with Crippen LogP contribution in [-0.4, -0.2) is 29.2 Å². The van der Waals surface area contributed by atoms with Crippen LogP contribution in [-0.2, 0) is 4.52 Å². The van der Waals surface area contributed by atoms with E-state index in [9.17, 15) is 4.89 Å². The highest BCUT2D eigenvalue weighted by Crippen LogP contribution is 2.65. The summed E-state index contributed by atoms with van der Waals surface area (Å²) in [5.74, 6) is 1.39. The molecule has 0 aliphatic rings. The highest BCUT2D eigenvalue weighted by molar-refractivity contribution is 7.71. The molecular weight excluding hydrogens is 286 g/mol. The molecule has 0 fully saturated rings. The van der Waals surface area contributed by atoms with Gasteiger partial charge in [0.25, 0.3) is 0 Å². The summed E-state index contributed by atoms with van der Waals surface area (Å²) in [4.78, 5) is 10.6. The van der Waals surface area contributed by atoms with Crippen LogP contribution in [0.25, 0.3) is 0 Å². The molecule has 4 heteroatoms. The van der Waals surface area contributed by atoms with Crippen LogP contribution >= 0.6 is 16.3 Å². The standard InChI is InChI=1S/C16H36O2P2/c1-9-16(7,8)15(20(17)18-10-2)19(11-13(3)4)12-14(5)6/h13-15,17H,9-12H2,1-8H3. The summed E-state index contributed by atoms with van der Waals surface area (Å²) < 4.78 is 5.67. The molecule has 0 saturated carbocycles. The average Bonchev–Trinajstić information content (AvgIpc) is 2.27. The van der Waals surface area contributed by atoms with Gasteiger partial charge in [0.15, 0.2) is 8.38 Å². The molecule has 122 valence electrons. The lowest BCUT2D eigenvalue weighted by Gasteiger charge is -2.42. The van der Waals surface area contributed by atoms with E-state index in [1.165, 1.54) is 12.3 Å². The zero-order chi connectivity index (χ0) is 15.9. The first-order valence-corrected chi connectivity index (χ1v) is 11.1. The maximum absolute atomic E-state index is 10.6. The van der Waals surface area contributed by atoms with Gasteiger partial charge < -0.3 is 9.42 Å². The van der Waals surface area contributed by atoms with Crippen molar-refractivity contribution < 1.29 is 9.42 Å². The van der Waals surface area contributed by atoms with Crippen molar-refractivity contribution >= 4 is 16.3 Å². The molecule has 0 aromatic heterocycles. The molecule has 0 radical (unpaired) electrons. The largest absolute Gasteiger partial charge is 0.349 e. The van der Waals surface area contributed by atoms with E-state index in [4.69, 9.17) is 4.52 Å². The van der Waals surface area contributed by atoms with Crippen LogP contribution in [0.5, 0.6) is 0 Å². The van der Waals surface area contributed by atoms with Crippen LogP contribution < -0.4 is 0 Å². The van der Waals surface area contributed by atoms with Gasteiger partial charge in [-0.15, -0.1) is 0 Å². The van der Waals surface area contributed by atoms with E-state index in [0.29, 0.717) is 23.8 Å². The molecule has 0 bridgehead atoms. The zero-order valence-electron chi connectivity index (χ0n) is 14.8. The van der Waals surface area contributed by atoms with Crippen LogP contribution in [0.4, 0.5) is 0 Å². The molecule has 1 N–H and O–H groups in total. The highest BCUT2D eigenvalue weighted by atomic mass is 31.2. The van der Waals surface area contributed by atoms with Gasteiger partial charge in [-0.1, -0.05) is 56.4 Å². The van der Waals surface area contributed by atoms with E-state index in [1.807, 2.05) is 6.92 Å². The molecule has 0 saturated heterocycles. The molecule has 0 heterocycles. The van der Waals surface area contributed by atoms with E-state index in [0.717, 1.165) is 6.42 Å². The maximum Gasteiger partial charge on any atom is 0.176 e. The predicted octanol–water partition coefficient (Wildman–Crippen LogP) is 5.88. The van der Waals surface area contributed by atoms with E-state index in [1.54, 1.807) is 0 Å². The minimum Gasteiger partial charge on any atom is -0.349 e. The molecule has 0 amide bonds. The third-order valence-corrected chi connectivity index (χ3v) is 10.6. The lowest BCUT2D eigenvalue weighted by atomic mass is 9.93. The summed E-state index contributed by atoms with van der Waals surface area (Å²) in [6, 6.07) is 0. The first-order chi connectivity index (χ1) is 9.15. The van der Waals surface area contributed by atoms with Crippen LogP contribution in [0.2, 0.25) is 0 Å². The smallest absolute Gasteiger partial charge is 0.176 e. The first kappa shape index (κ1) is 20.8. The van der Waals surface area contributed by atoms with Crippen LogP contribution in [0.15, 0.2) is 0 Å². The Morgan fingerprint density at radius 1 is 1.00 bits per heavy atom. The highest BCUT2D eigenvalue weighted by Gasteiger charge is 2.40. The van der Waals surface area contributed by atoms with Crippen LogP contribution in [0, 0.1) is 17.3 Å². The van der Waals surface area contributed by atoms with Crippen molar-refractivity contribution in [2.24, 2.45) is 17.3 Å². The summed E-state index contributed by atoms with van der Waals surface area (Å²) in [6.45, 7) is 18.6. The second-order valence-corrected chi connectivity index (χ2v) is 11.4. The van der Waals surface area contributed by atoms with Gasteiger partial charge in [0.2, 0.25) is 0 Å². The van der Waals surface area contributed by atoms with E-state index in [-0.39, 0.29) is 13.3 Å². The normalized spacial score (nSPS) is 16.2. The Morgan fingerprint density at radius 3 is 1.75 bits per heavy atom. The fourth-order valence-corrected chi connectivity index (χ4v) is 9.20. The average molecular weight is 322 g/mol. The molecule has 2 nitrogen and oxygen atoms in total. The minimum atomic E-state index is -1.31. The van der Waals surface area contributed by atoms with Gasteiger partial charge in [0.05, 0.1) is 12.0 Å². The Hall–Kier alpha value is 0.780. The summed E-state index contributed by atoms with van der Waals surface area (Å²) in [5.41, 5.74) is 0.158. The molecule has 0 aromatic carbocycles. The summed E-state index contributed by atoms with van der Waals surface area (Å²) in [5, 5.41) is 0.335. The van der Waals surface area contributed by atoms with Gasteiger partial charge in [0, 0.05) is 0 Å². The molecule has 20 heavy (non-hydrogen) atoms. The topological polar surface area (TPSA) is 29.5 Å². The Labute approximate surface area is 129 Å². The molecule has 0 rings (SSSR count). The monoisotopic (exact) mass is 322 g/mol. The second kappa shape index (κ2) is 9.73. The van der Waals surface area contributed by atoms with Crippen molar-refractivity contribution in [3.63, 3.8) is 0 Å².